The standard InChI is InChI=1S/C6H6BrClOS/c1-3(9)5-2-4(7)6(8)10-5/h2-3,9H,1H3. The third-order valence-corrected chi connectivity index (χ3v) is 3.72. The van der Waals surface area contributed by atoms with Crippen molar-refractivity contribution >= 4 is 38.9 Å². The van der Waals surface area contributed by atoms with Gasteiger partial charge in [0, 0.05) is 9.35 Å². The number of aliphatic hydroxyl groups is 1. The molecule has 1 unspecified atom stereocenters. The summed E-state index contributed by atoms with van der Waals surface area (Å²) >= 11 is 10.4. The van der Waals surface area contributed by atoms with Gasteiger partial charge in [0.1, 0.15) is 4.34 Å². The zero-order valence-electron chi connectivity index (χ0n) is 5.27. The molecule has 0 saturated heterocycles. The molecule has 4 heteroatoms. The average Bonchev–Trinajstić information content (AvgIpc) is 2.13. The van der Waals surface area contributed by atoms with Crippen LogP contribution < -0.4 is 0 Å². The van der Waals surface area contributed by atoms with Crippen LogP contribution in [0.2, 0.25) is 4.34 Å². The summed E-state index contributed by atoms with van der Waals surface area (Å²) < 4.78 is 1.55. The fourth-order valence-electron chi connectivity index (χ4n) is 0.569. The van der Waals surface area contributed by atoms with Gasteiger partial charge < -0.3 is 5.11 Å². The molecule has 1 rings (SSSR count). The minimum Gasteiger partial charge on any atom is -0.388 e. The smallest absolute Gasteiger partial charge is 0.107 e. The van der Waals surface area contributed by atoms with Gasteiger partial charge in [-0.25, -0.2) is 0 Å². The number of rotatable bonds is 1. The second-order valence-corrected chi connectivity index (χ2v) is 4.49. The highest BCUT2D eigenvalue weighted by Crippen LogP contribution is 2.34. The van der Waals surface area contributed by atoms with Gasteiger partial charge in [-0.15, -0.1) is 11.3 Å². The van der Waals surface area contributed by atoms with Gasteiger partial charge in [0.25, 0.3) is 0 Å². The molecule has 0 aliphatic rings. The molecular formula is C6H6BrClOS. The van der Waals surface area contributed by atoms with Crippen molar-refractivity contribution in [1.82, 2.24) is 0 Å². The molecule has 0 saturated carbocycles. The highest BCUT2D eigenvalue weighted by molar-refractivity contribution is 9.10. The third-order valence-electron chi connectivity index (χ3n) is 1.08. The van der Waals surface area contributed by atoms with Crippen LogP contribution in [0.1, 0.15) is 17.9 Å². The van der Waals surface area contributed by atoms with E-state index in [1.807, 2.05) is 6.07 Å². The monoisotopic (exact) mass is 240 g/mol. The van der Waals surface area contributed by atoms with E-state index in [4.69, 9.17) is 16.7 Å². The largest absolute Gasteiger partial charge is 0.388 e. The molecule has 1 heterocycles. The second-order valence-electron chi connectivity index (χ2n) is 1.95. The molecule has 10 heavy (non-hydrogen) atoms. The van der Waals surface area contributed by atoms with Gasteiger partial charge in [0.15, 0.2) is 0 Å². The van der Waals surface area contributed by atoms with E-state index in [1.54, 1.807) is 6.92 Å². The predicted octanol–water partition coefficient (Wildman–Crippen LogP) is 3.22. The van der Waals surface area contributed by atoms with Gasteiger partial charge in [-0.05, 0) is 28.9 Å². The number of hydrogen-bond acceptors (Lipinski definition) is 2. The van der Waals surface area contributed by atoms with E-state index in [1.165, 1.54) is 11.3 Å². The number of aliphatic hydroxyl groups excluding tert-OH is 1. The summed E-state index contributed by atoms with van der Waals surface area (Å²) in [6, 6.07) is 1.83. The average molecular weight is 242 g/mol. The molecule has 0 radical (unpaired) electrons. The maximum atomic E-state index is 9.09. The van der Waals surface area contributed by atoms with Crippen molar-refractivity contribution < 1.29 is 5.11 Å². The lowest BCUT2D eigenvalue weighted by Crippen LogP contribution is -1.83. The van der Waals surface area contributed by atoms with E-state index < -0.39 is 6.10 Å². The van der Waals surface area contributed by atoms with E-state index in [0.29, 0.717) is 4.34 Å². The molecule has 1 atom stereocenters. The minimum atomic E-state index is -0.422. The summed E-state index contributed by atoms with van der Waals surface area (Å²) in [6.07, 6.45) is -0.422. The predicted molar refractivity (Wildman–Crippen MR) is 47.7 cm³/mol. The molecule has 0 aromatic carbocycles. The van der Waals surface area contributed by atoms with Gasteiger partial charge in [-0.2, -0.15) is 0 Å². The molecule has 1 aromatic rings. The van der Waals surface area contributed by atoms with E-state index in [9.17, 15) is 0 Å². The van der Waals surface area contributed by atoms with Gasteiger partial charge in [0.05, 0.1) is 6.10 Å². The maximum absolute atomic E-state index is 9.09. The van der Waals surface area contributed by atoms with Crippen molar-refractivity contribution in [3.63, 3.8) is 0 Å². The Morgan fingerprint density at radius 2 is 2.40 bits per heavy atom. The number of thiophene rings is 1. The summed E-state index contributed by atoms with van der Waals surface area (Å²) in [6.45, 7) is 1.72. The van der Waals surface area contributed by atoms with Crippen LogP contribution in [0.15, 0.2) is 10.5 Å². The van der Waals surface area contributed by atoms with Gasteiger partial charge in [-0.1, -0.05) is 11.6 Å². The summed E-state index contributed by atoms with van der Waals surface area (Å²) in [7, 11) is 0. The van der Waals surface area contributed by atoms with Crippen LogP contribution in [-0.4, -0.2) is 5.11 Å². The van der Waals surface area contributed by atoms with Crippen LogP contribution >= 0.6 is 38.9 Å². The van der Waals surface area contributed by atoms with Gasteiger partial charge >= 0.3 is 0 Å². The molecule has 1 aromatic heterocycles. The Balaban J connectivity index is 2.98. The molecule has 0 bridgehead atoms. The van der Waals surface area contributed by atoms with Gasteiger partial charge in [-0.3, -0.25) is 0 Å². The normalized spacial score (nSPS) is 13.6. The van der Waals surface area contributed by atoms with Crippen molar-refractivity contribution in [1.29, 1.82) is 0 Å². The lowest BCUT2D eigenvalue weighted by molar-refractivity contribution is 0.203. The first-order chi connectivity index (χ1) is 4.61. The molecule has 1 nitrogen and oxygen atoms in total. The first kappa shape index (κ1) is 8.53. The van der Waals surface area contributed by atoms with E-state index in [-0.39, 0.29) is 0 Å². The Labute approximate surface area is 76.8 Å². The Kier molecular flexibility index (Phi) is 2.74. The molecule has 56 valence electrons. The second kappa shape index (κ2) is 3.22. The molecule has 0 aliphatic heterocycles. The molecular weight excluding hydrogens is 235 g/mol. The Morgan fingerprint density at radius 3 is 2.60 bits per heavy atom. The van der Waals surface area contributed by atoms with Crippen molar-refractivity contribution in [2.75, 3.05) is 0 Å². The lowest BCUT2D eigenvalue weighted by atomic mass is 10.3. The van der Waals surface area contributed by atoms with Crippen LogP contribution in [0.3, 0.4) is 0 Å². The fourth-order valence-corrected chi connectivity index (χ4v) is 2.24. The van der Waals surface area contributed by atoms with Crippen LogP contribution in [0.5, 0.6) is 0 Å². The highest BCUT2D eigenvalue weighted by atomic mass is 79.9. The highest BCUT2D eigenvalue weighted by Gasteiger charge is 2.07. The molecule has 0 fully saturated rings. The summed E-state index contributed by atoms with van der Waals surface area (Å²) in [5.41, 5.74) is 0. The zero-order valence-corrected chi connectivity index (χ0v) is 8.42. The number of halogens is 2. The van der Waals surface area contributed by atoms with Crippen LogP contribution in [-0.2, 0) is 0 Å². The van der Waals surface area contributed by atoms with E-state index >= 15 is 0 Å². The van der Waals surface area contributed by atoms with E-state index in [0.717, 1.165) is 9.35 Å². The third kappa shape index (κ3) is 1.72. The van der Waals surface area contributed by atoms with Crippen LogP contribution in [0.25, 0.3) is 0 Å². The zero-order chi connectivity index (χ0) is 7.72. The van der Waals surface area contributed by atoms with Crippen LogP contribution in [0.4, 0.5) is 0 Å². The van der Waals surface area contributed by atoms with Crippen molar-refractivity contribution in [2.45, 2.75) is 13.0 Å². The Hall–Kier alpha value is 0.430. The maximum Gasteiger partial charge on any atom is 0.107 e. The quantitative estimate of drug-likeness (QED) is 0.800. The SMILES string of the molecule is CC(O)c1cc(Br)c(Cl)s1. The number of hydrogen-bond donors (Lipinski definition) is 1. The Bertz CT molecular complexity index is 214. The fraction of sp³-hybridized carbons (Fsp3) is 0.333. The topological polar surface area (TPSA) is 20.2 Å². The van der Waals surface area contributed by atoms with Crippen molar-refractivity contribution in [3.05, 3.63) is 19.8 Å². The lowest BCUT2D eigenvalue weighted by Gasteiger charge is -1.95. The van der Waals surface area contributed by atoms with Crippen molar-refractivity contribution in [2.24, 2.45) is 0 Å². The minimum absolute atomic E-state index is 0.422. The molecule has 0 aliphatic carbocycles. The summed E-state index contributed by atoms with van der Waals surface area (Å²) in [5, 5.41) is 9.09. The Morgan fingerprint density at radius 1 is 1.80 bits per heavy atom. The molecule has 0 spiro atoms. The summed E-state index contributed by atoms with van der Waals surface area (Å²) in [4.78, 5) is 0.886. The van der Waals surface area contributed by atoms with Crippen LogP contribution in [0, 0.1) is 0 Å². The molecule has 0 amide bonds. The summed E-state index contributed by atoms with van der Waals surface area (Å²) in [5.74, 6) is 0. The van der Waals surface area contributed by atoms with Crippen molar-refractivity contribution in [3.8, 4) is 0 Å². The first-order valence-electron chi connectivity index (χ1n) is 2.74. The van der Waals surface area contributed by atoms with E-state index in [2.05, 4.69) is 15.9 Å². The van der Waals surface area contributed by atoms with Gasteiger partial charge in [0.2, 0.25) is 0 Å². The molecule has 1 N–H and O–H groups in total. The first-order valence-corrected chi connectivity index (χ1v) is 4.73.